The number of hydrogen-bond acceptors (Lipinski definition) is 9. The number of Topliss-reactive ketones (excluding diaryl/α,β-unsaturated/α-hetero) is 1. The monoisotopic (exact) mass is 505 g/mol. The minimum atomic E-state index is -4.84. The molecule has 0 spiro atoms. The van der Waals surface area contributed by atoms with Crippen molar-refractivity contribution in [2.75, 3.05) is 4.90 Å². The number of ketones is 1. The summed E-state index contributed by atoms with van der Waals surface area (Å²) in [5.74, 6) is -1.72. The van der Waals surface area contributed by atoms with Crippen LogP contribution in [0.5, 0.6) is 0 Å². The number of benzene rings is 1. The molecule has 0 fully saturated rings. The van der Waals surface area contributed by atoms with Crippen molar-refractivity contribution in [1.29, 1.82) is 5.26 Å². The molecule has 0 unspecified atom stereocenters. The summed E-state index contributed by atoms with van der Waals surface area (Å²) >= 11 is 0.758. The van der Waals surface area contributed by atoms with Crippen LogP contribution in [0.3, 0.4) is 0 Å². The van der Waals surface area contributed by atoms with Crippen LogP contribution in [0.15, 0.2) is 53.0 Å². The van der Waals surface area contributed by atoms with Gasteiger partial charge in [0.2, 0.25) is 0 Å². The lowest BCUT2D eigenvalue weighted by molar-refractivity contribution is -0.384. The summed E-state index contributed by atoms with van der Waals surface area (Å²) in [6.45, 7) is 0. The first-order valence-electron chi connectivity index (χ1n) is 10.0. The van der Waals surface area contributed by atoms with E-state index in [1.54, 1.807) is 0 Å². The number of nitrogens with zero attached hydrogens (tertiary/aromatic N) is 4. The average molecular weight is 505 g/mol. The van der Waals surface area contributed by atoms with Crippen LogP contribution in [0, 0.1) is 31.6 Å². The van der Waals surface area contributed by atoms with E-state index in [0.29, 0.717) is 23.4 Å². The summed E-state index contributed by atoms with van der Waals surface area (Å²) in [5, 5.41) is 32.6. The zero-order valence-electron chi connectivity index (χ0n) is 17.5. The molecule has 1 aliphatic carbocycles. The Labute approximate surface area is 198 Å². The summed E-state index contributed by atoms with van der Waals surface area (Å²) in [6, 6.07) is 6.42. The van der Waals surface area contributed by atoms with E-state index >= 15 is 0 Å². The maximum atomic E-state index is 13.2. The van der Waals surface area contributed by atoms with E-state index < -0.39 is 33.2 Å². The van der Waals surface area contributed by atoms with Crippen molar-refractivity contribution in [3.8, 4) is 6.07 Å². The molecule has 2 aromatic rings. The number of carbonyl (C=O) groups is 1. The molecular formula is C21H14F3N5O5S. The van der Waals surface area contributed by atoms with Crippen molar-refractivity contribution < 1.29 is 27.8 Å². The van der Waals surface area contributed by atoms with Gasteiger partial charge >= 0.3 is 11.2 Å². The topological polar surface area (TPSA) is 156 Å². The fourth-order valence-corrected chi connectivity index (χ4v) is 5.22. The van der Waals surface area contributed by atoms with E-state index in [1.165, 1.54) is 12.1 Å². The molecule has 0 radical (unpaired) electrons. The van der Waals surface area contributed by atoms with Crippen LogP contribution in [0.2, 0.25) is 0 Å². The Morgan fingerprint density at radius 3 is 2.43 bits per heavy atom. The molecule has 0 saturated heterocycles. The van der Waals surface area contributed by atoms with Gasteiger partial charge in [-0.25, -0.2) is 0 Å². The van der Waals surface area contributed by atoms with Crippen molar-refractivity contribution in [3.63, 3.8) is 0 Å². The minimum Gasteiger partial charge on any atom is -0.384 e. The van der Waals surface area contributed by atoms with E-state index in [9.17, 15) is 43.5 Å². The van der Waals surface area contributed by atoms with Crippen molar-refractivity contribution in [2.45, 2.75) is 31.4 Å². The van der Waals surface area contributed by atoms with Crippen LogP contribution in [0.1, 0.15) is 35.6 Å². The average Bonchev–Trinajstić information content (AvgIpc) is 3.28. The lowest BCUT2D eigenvalue weighted by atomic mass is 9.78. The van der Waals surface area contributed by atoms with Crippen molar-refractivity contribution in [1.82, 2.24) is 0 Å². The molecule has 35 heavy (non-hydrogen) atoms. The van der Waals surface area contributed by atoms with Crippen LogP contribution < -0.4 is 10.6 Å². The third kappa shape index (κ3) is 3.99. The Bertz CT molecular complexity index is 1390. The van der Waals surface area contributed by atoms with Crippen LogP contribution in [0.25, 0.3) is 0 Å². The Morgan fingerprint density at radius 2 is 1.86 bits per heavy atom. The molecular weight excluding hydrogens is 491 g/mol. The van der Waals surface area contributed by atoms with E-state index in [1.807, 2.05) is 6.07 Å². The normalized spacial score (nSPS) is 18.4. The molecule has 2 N–H and O–H groups in total. The van der Waals surface area contributed by atoms with Gasteiger partial charge in [0, 0.05) is 34.7 Å². The highest BCUT2D eigenvalue weighted by molar-refractivity contribution is 7.15. The molecule has 180 valence electrons. The van der Waals surface area contributed by atoms with Crippen molar-refractivity contribution >= 4 is 33.5 Å². The number of nitriles is 1. The fourth-order valence-electron chi connectivity index (χ4n) is 4.28. The molecule has 10 nitrogen and oxygen atoms in total. The largest absolute Gasteiger partial charge is 0.416 e. The van der Waals surface area contributed by atoms with Crippen molar-refractivity contribution in [3.05, 3.63) is 83.7 Å². The summed E-state index contributed by atoms with van der Waals surface area (Å²) in [5.41, 5.74) is 3.90. The second-order valence-electron chi connectivity index (χ2n) is 7.71. The van der Waals surface area contributed by atoms with Gasteiger partial charge in [-0.1, -0.05) is 11.3 Å². The SMILES string of the molecule is N#CC1=C(N)N(c2ccc(C(F)(F)F)cc2[N+](=O)[O-])C2=C(C(=O)CCC2)[C@@H]1c1ccc([N+](=O)[O-])s1. The number of rotatable bonds is 4. The van der Waals surface area contributed by atoms with Gasteiger partial charge in [-0.15, -0.1) is 0 Å². The second-order valence-corrected chi connectivity index (χ2v) is 8.80. The molecule has 1 aliphatic heterocycles. The predicted molar refractivity (Wildman–Crippen MR) is 117 cm³/mol. The number of halogens is 3. The molecule has 1 aromatic heterocycles. The summed E-state index contributed by atoms with van der Waals surface area (Å²) in [6.07, 6.45) is -4.20. The number of anilines is 1. The molecule has 14 heteroatoms. The highest BCUT2D eigenvalue weighted by Gasteiger charge is 2.43. The lowest BCUT2D eigenvalue weighted by Crippen LogP contribution is -2.38. The smallest absolute Gasteiger partial charge is 0.384 e. The number of allylic oxidation sites excluding steroid dienone is 3. The van der Waals surface area contributed by atoms with Gasteiger partial charge in [0.25, 0.3) is 5.69 Å². The Balaban J connectivity index is 1.98. The number of carbonyl (C=O) groups excluding carboxylic acids is 1. The maximum Gasteiger partial charge on any atom is 0.416 e. The molecule has 0 amide bonds. The first-order valence-corrected chi connectivity index (χ1v) is 10.8. The molecule has 1 aromatic carbocycles. The maximum absolute atomic E-state index is 13.2. The van der Waals surface area contributed by atoms with Gasteiger partial charge in [-0.3, -0.25) is 29.9 Å². The first kappa shape index (κ1) is 23.9. The van der Waals surface area contributed by atoms with Gasteiger partial charge in [0.15, 0.2) is 5.78 Å². The molecule has 4 rings (SSSR count). The number of nitro benzene ring substituents is 1. The third-order valence-electron chi connectivity index (χ3n) is 5.73. The molecule has 2 aliphatic rings. The summed E-state index contributed by atoms with van der Waals surface area (Å²) in [4.78, 5) is 35.7. The quantitative estimate of drug-likeness (QED) is 0.455. The van der Waals surface area contributed by atoms with Gasteiger partial charge in [-0.2, -0.15) is 18.4 Å². The van der Waals surface area contributed by atoms with Gasteiger partial charge in [-0.05, 0) is 31.0 Å². The number of nitrogens with two attached hydrogens (primary N) is 1. The zero-order chi connectivity index (χ0) is 25.7. The third-order valence-corrected chi connectivity index (χ3v) is 6.83. The van der Waals surface area contributed by atoms with Crippen LogP contribution >= 0.6 is 11.3 Å². The summed E-state index contributed by atoms with van der Waals surface area (Å²) < 4.78 is 39.6. The van der Waals surface area contributed by atoms with Crippen LogP contribution in [-0.4, -0.2) is 15.6 Å². The first-order chi connectivity index (χ1) is 16.5. The standard InChI is InChI=1S/C21H14F3N5O5S/c22-21(23,24)10-4-5-12(14(8-10)28(31)32)27-13-2-1-3-15(30)19(13)18(11(9-25)20(27)26)16-6-7-17(35-16)29(33)34/h4-8,18H,1-3,26H2/t18-/m0/s1. The predicted octanol–water partition coefficient (Wildman–Crippen LogP) is 4.89. The van der Waals surface area contributed by atoms with E-state index in [2.05, 4.69) is 0 Å². The minimum absolute atomic E-state index is 0.0907. The Morgan fingerprint density at radius 1 is 1.14 bits per heavy atom. The van der Waals surface area contributed by atoms with Gasteiger partial charge < -0.3 is 5.73 Å². The van der Waals surface area contributed by atoms with Crippen molar-refractivity contribution in [2.24, 2.45) is 5.73 Å². The highest BCUT2D eigenvalue weighted by atomic mass is 32.1. The second kappa shape index (κ2) is 8.51. The molecule has 1 atom stereocenters. The zero-order valence-corrected chi connectivity index (χ0v) is 18.4. The van der Waals surface area contributed by atoms with E-state index in [-0.39, 0.29) is 52.0 Å². The van der Waals surface area contributed by atoms with Crippen LogP contribution in [-0.2, 0) is 11.0 Å². The fraction of sp³-hybridized carbons (Fsp3) is 0.238. The van der Waals surface area contributed by atoms with E-state index in [4.69, 9.17) is 5.73 Å². The number of nitro groups is 2. The van der Waals surface area contributed by atoms with Gasteiger partial charge in [0.05, 0.1) is 33.0 Å². The van der Waals surface area contributed by atoms with Gasteiger partial charge in [0.1, 0.15) is 11.5 Å². The van der Waals surface area contributed by atoms with E-state index in [0.717, 1.165) is 22.3 Å². The number of thiophene rings is 1. The Kier molecular flexibility index (Phi) is 5.81. The van der Waals surface area contributed by atoms with Crippen LogP contribution in [0.4, 0.5) is 29.5 Å². The lowest BCUT2D eigenvalue weighted by Gasteiger charge is -2.39. The molecule has 0 saturated carbocycles. The molecule has 0 bridgehead atoms. The number of hydrogen-bond donors (Lipinski definition) is 1. The molecule has 2 heterocycles. The highest BCUT2D eigenvalue weighted by Crippen LogP contribution is 2.50. The number of alkyl halides is 3. The summed E-state index contributed by atoms with van der Waals surface area (Å²) in [7, 11) is 0. The Hall–Kier alpha value is -4.25.